The van der Waals surface area contributed by atoms with E-state index >= 15 is 0 Å². The number of carbonyl (C=O) groups is 1. The van der Waals surface area contributed by atoms with Gasteiger partial charge in [-0.2, -0.15) is 0 Å². The number of benzene rings is 3. The number of methoxy groups -OCH3 is 1. The maximum Gasteiger partial charge on any atom is 0.407 e. The maximum absolute atomic E-state index is 10.5. The van der Waals surface area contributed by atoms with Gasteiger partial charge < -0.3 is 19.1 Å². The zero-order chi connectivity index (χ0) is 27.0. The Labute approximate surface area is 230 Å². The van der Waals surface area contributed by atoms with Crippen molar-refractivity contribution in [2.75, 3.05) is 25.5 Å². The van der Waals surface area contributed by atoms with Crippen LogP contribution in [-0.4, -0.2) is 32.9 Å². The van der Waals surface area contributed by atoms with E-state index in [0.29, 0.717) is 0 Å². The average Bonchev–Trinajstić information content (AvgIpc) is 2.88. The molecule has 3 aromatic carbocycles. The van der Waals surface area contributed by atoms with Crippen molar-refractivity contribution < 1.29 is 14.3 Å². The number of halogens is 1. The predicted molar refractivity (Wildman–Crippen MR) is 156 cm³/mol. The SMILES string of the molecule is CNC(=O)OC(C)(C)C.COc1ccc(N(C)Sc2ccccc2-c2ccc(Cl)cc2)c2c1CCCC2. The number of nitrogens with zero attached hydrogens (tertiary/aromatic N) is 1. The van der Waals surface area contributed by atoms with Crippen molar-refractivity contribution in [1.82, 2.24) is 5.32 Å². The highest BCUT2D eigenvalue weighted by Gasteiger charge is 2.20. The second-order valence-corrected chi connectivity index (χ2v) is 11.4. The first kappa shape index (κ1) is 28.7. The lowest BCUT2D eigenvalue weighted by Crippen LogP contribution is -2.30. The van der Waals surface area contributed by atoms with Crippen LogP contribution >= 0.6 is 23.5 Å². The van der Waals surface area contributed by atoms with Gasteiger partial charge in [-0.25, -0.2) is 4.79 Å². The highest BCUT2D eigenvalue weighted by atomic mass is 35.5. The Balaban J connectivity index is 0.000000364. The second kappa shape index (κ2) is 13.1. The standard InChI is InChI=1S/C24H24ClNOS.C6H13NO2/c1-26(22-15-16-23(27-2)21-9-4-3-8-20(21)22)28-24-10-6-5-7-19(24)17-11-13-18(25)14-12-17;1-6(2,3)9-5(8)7-4/h5-7,10-16H,3-4,8-9H2,1-2H3;1-4H3,(H,7,8). The summed E-state index contributed by atoms with van der Waals surface area (Å²) in [6.45, 7) is 5.46. The molecule has 0 aliphatic heterocycles. The highest BCUT2D eigenvalue weighted by molar-refractivity contribution is 8.00. The Bertz CT molecular complexity index is 1190. The molecule has 0 fully saturated rings. The van der Waals surface area contributed by atoms with Crippen LogP contribution in [0.1, 0.15) is 44.7 Å². The molecule has 0 atom stereocenters. The summed E-state index contributed by atoms with van der Waals surface area (Å²) in [7, 11) is 5.46. The Hall–Kier alpha value is -2.83. The van der Waals surface area contributed by atoms with Crippen molar-refractivity contribution in [3.63, 3.8) is 0 Å². The first-order valence-electron chi connectivity index (χ1n) is 12.5. The first-order valence-corrected chi connectivity index (χ1v) is 13.6. The summed E-state index contributed by atoms with van der Waals surface area (Å²) in [5.41, 5.74) is 6.11. The van der Waals surface area contributed by atoms with Crippen molar-refractivity contribution in [3.8, 4) is 16.9 Å². The van der Waals surface area contributed by atoms with Crippen molar-refractivity contribution in [2.45, 2.75) is 57.0 Å². The van der Waals surface area contributed by atoms with E-state index in [2.05, 4.69) is 65.2 Å². The summed E-state index contributed by atoms with van der Waals surface area (Å²) in [5.74, 6) is 1.03. The van der Waals surface area contributed by atoms with Gasteiger partial charge in [0.25, 0.3) is 0 Å². The molecule has 0 heterocycles. The van der Waals surface area contributed by atoms with E-state index < -0.39 is 0 Å². The molecule has 0 saturated carbocycles. The van der Waals surface area contributed by atoms with Crippen molar-refractivity contribution in [3.05, 3.63) is 76.8 Å². The summed E-state index contributed by atoms with van der Waals surface area (Å²) in [6, 6.07) is 20.9. The van der Waals surface area contributed by atoms with Crippen LogP contribution < -0.4 is 14.4 Å². The Morgan fingerprint density at radius 1 is 0.973 bits per heavy atom. The number of carbonyl (C=O) groups excluding carboxylic acids is 1. The van der Waals surface area contributed by atoms with E-state index in [1.807, 2.05) is 32.9 Å². The molecule has 1 aliphatic rings. The number of ether oxygens (including phenoxy) is 2. The molecule has 4 rings (SSSR count). The number of hydrogen-bond acceptors (Lipinski definition) is 5. The van der Waals surface area contributed by atoms with Gasteiger partial charge in [-0.3, -0.25) is 0 Å². The predicted octanol–water partition coefficient (Wildman–Crippen LogP) is 8.18. The molecular weight excluding hydrogens is 504 g/mol. The van der Waals surface area contributed by atoms with Crippen LogP contribution in [0.25, 0.3) is 11.1 Å². The molecule has 5 nitrogen and oxygen atoms in total. The summed E-state index contributed by atoms with van der Waals surface area (Å²) < 4.78 is 12.7. The minimum atomic E-state index is -0.389. The first-order chi connectivity index (χ1) is 17.6. The van der Waals surface area contributed by atoms with Crippen LogP contribution in [0.3, 0.4) is 0 Å². The van der Waals surface area contributed by atoms with E-state index in [4.69, 9.17) is 21.1 Å². The van der Waals surface area contributed by atoms with E-state index in [1.54, 1.807) is 19.1 Å². The molecule has 0 radical (unpaired) electrons. The van der Waals surface area contributed by atoms with Crippen molar-refractivity contribution in [1.29, 1.82) is 0 Å². The number of rotatable bonds is 5. The highest BCUT2D eigenvalue weighted by Crippen LogP contribution is 2.41. The van der Waals surface area contributed by atoms with Gasteiger partial charge in [-0.05, 0) is 111 Å². The molecule has 3 aromatic rings. The normalized spacial score (nSPS) is 12.5. The molecule has 198 valence electrons. The number of nitrogens with one attached hydrogen (secondary N) is 1. The largest absolute Gasteiger partial charge is 0.496 e. The van der Waals surface area contributed by atoms with Crippen LogP contribution in [0, 0.1) is 0 Å². The smallest absolute Gasteiger partial charge is 0.407 e. The van der Waals surface area contributed by atoms with Gasteiger partial charge in [0, 0.05) is 24.0 Å². The van der Waals surface area contributed by atoms with Gasteiger partial charge in [0.05, 0.1) is 12.8 Å². The van der Waals surface area contributed by atoms with E-state index in [0.717, 1.165) is 23.6 Å². The van der Waals surface area contributed by atoms with Gasteiger partial charge in [0.1, 0.15) is 11.4 Å². The molecule has 1 amide bonds. The zero-order valence-corrected chi connectivity index (χ0v) is 24.1. The third kappa shape index (κ3) is 8.08. The van der Waals surface area contributed by atoms with Crippen molar-refractivity contribution >= 4 is 35.3 Å². The molecule has 0 saturated heterocycles. The minimum Gasteiger partial charge on any atom is -0.496 e. The molecule has 1 N–H and O–H groups in total. The lowest BCUT2D eigenvalue weighted by atomic mass is 9.89. The third-order valence-electron chi connectivity index (χ3n) is 5.91. The quantitative estimate of drug-likeness (QED) is 0.331. The summed E-state index contributed by atoms with van der Waals surface area (Å²) in [6.07, 6.45) is 4.32. The number of anilines is 1. The van der Waals surface area contributed by atoms with Crippen LogP contribution in [0.2, 0.25) is 5.02 Å². The number of fused-ring (bicyclic) bond motifs is 1. The fourth-order valence-electron chi connectivity index (χ4n) is 4.24. The van der Waals surface area contributed by atoms with Gasteiger partial charge >= 0.3 is 6.09 Å². The summed E-state index contributed by atoms with van der Waals surface area (Å²) in [5, 5.41) is 3.12. The molecule has 37 heavy (non-hydrogen) atoms. The Morgan fingerprint density at radius 2 is 1.62 bits per heavy atom. The molecule has 0 aromatic heterocycles. The molecular formula is C30H37ClN2O3S. The molecule has 0 unspecified atom stereocenters. The van der Waals surface area contributed by atoms with Crippen molar-refractivity contribution in [2.24, 2.45) is 0 Å². The maximum atomic E-state index is 10.5. The number of hydrogen-bond donors (Lipinski definition) is 1. The van der Waals surface area contributed by atoms with Gasteiger partial charge in [-0.15, -0.1) is 0 Å². The van der Waals surface area contributed by atoms with Crippen LogP contribution in [-0.2, 0) is 17.6 Å². The molecule has 1 aliphatic carbocycles. The minimum absolute atomic E-state index is 0.387. The van der Waals surface area contributed by atoms with Gasteiger partial charge in [0.15, 0.2) is 0 Å². The molecule has 7 heteroatoms. The summed E-state index contributed by atoms with van der Waals surface area (Å²) in [4.78, 5) is 11.7. The van der Waals surface area contributed by atoms with Crippen LogP contribution in [0.5, 0.6) is 5.75 Å². The lowest BCUT2D eigenvalue weighted by Gasteiger charge is -2.27. The van der Waals surface area contributed by atoms with E-state index in [1.165, 1.54) is 52.7 Å². The fourth-order valence-corrected chi connectivity index (χ4v) is 5.36. The lowest BCUT2D eigenvalue weighted by molar-refractivity contribution is 0.0541. The fraction of sp³-hybridized carbons (Fsp3) is 0.367. The van der Waals surface area contributed by atoms with E-state index in [9.17, 15) is 4.79 Å². The monoisotopic (exact) mass is 540 g/mol. The average molecular weight is 541 g/mol. The van der Waals surface area contributed by atoms with Gasteiger partial charge in [-0.1, -0.05) is 41.9 Å². The summed E-state index contributed by atoms with van der Waals surface area (Å²) >= 11 is 7.84. The zero-order valence-electron chi connectivity index (χ0n) is 22.6. The molecule has 0 spiro atoms. The topological polar surface area (TPSA) is 50.8 Å². The Kier molecular flexibility index (Phi) is 10.2. The number of amides is 1. The van der Waals surface area contributed by atoms with Crippen LogP contribution in [0.15, 0.2) is 65.6 Å². The Morgan fingerprint density at radius 3 is 2.22 bits per heavy atom. The third-order valence-corrected chi connectivity index (χ3v) is 7.18. The van der Waals surface area contributed by atoms with Crippen LogP contribution in [0.4, 0.5) is 10.5 Å². The second-order valence-electron chi connectivity index (χ2n) is 9.79. The van der Waals surface area contributed by atoms with E-state index in [-0.39, 0.29) is 11.7 Å². The molecule has 0 bridgehead atoms. The van der Waals surface area contributed by atoms with Gasteiger partial charge in [0.2, 0.25) is 0 Å². The number of alkyl carbamates (subject to hydrolysis) is 1.